The van der Waals surface area contributed by atoms with Gasteiger partial charge in [0, 0.05) is 18.5 Å². The molecule has 0 aromatic rings. The van der Waals surface area contributed by atoms with Crippen LogP contribution >= 0.6 is 0 Å². The Balaban J connectivity index is 2.47. The molecule has 134 valence electrons. The third kappa shape index (κ3) is 6.92. The minimum atomic E-state index is -0.214. The lowest BCUT2D eigenvalue weighted by atomic mass is 9.79. The molecule has 0 heterocycles. The van der Waals surface area contributed by atoms with E-state index in [9.17, 15) is 9.59 Å². The summed E-state index contributed by atoms with van der Waals surface area (Å²) in [5, 5.41) is 0. The molecule has 0 saturated heterocycles. The lowest BCUT2D eigenvalue weighted by molar-refractivity contribution is -0.145. The van der Waals surface area contributed by atoms with Crippen molar-refractivity contribution in [3.05, 3.63) is 0 Å². The van der Waals surface area contributed by atoms with E-state index in [1.807, 2.05) is 18.7 Å². The van der Waals surface area contributed by atoms with Crippen molar-refractivity contribution in [2.45, 2.75) is 85.1 Å². The molecule has 4 nitrogen and oxygen atoms in total. The summed E-state index contributed by atoms with van der Waals surface area (Å²) < 4.78 is 4.97. The average Bonchev–Trinajstić information content (AvgIpc) is 2.53. The van der Waals surface area contributed by atoms with Gasteiger partial charge in [-0.05, 0) is 52.4 Å². The van der Waals surface area contributed by atoms with Crippen LogP contribution in [-0.2, 0) is 14.3 Å². The Hall–Kier alpha value is -1.06. The minimum Gasteiger partial charge on any atom is -0.466 e. The van der Waals surface area contributed by atoms with Gasteiger partial charge in [0.1, 0.15) is 0 Å². The monoisotopic (exact) mass is 325 g/mol. The number of hydrogen-bond donors (Lipinski definition) is 0. The minimum absolute atomic E-state index is 0.134. The molecule has 0 atom stereocenters. The van der Waals surface area contributed by atoms with E-state index in [0.717, 1.165) is 18.8 Å². The van der Waals surface area contributed by atoms with Crippen LogP contribution in [0.2, 0.25) is 0 Å². The number of carbonyl (C=O) groups excluding carboxylic acids is 2. The summed E-state index contributed by atoms with van der Waals surface area (Å²) in [5.41, 5.74) is 0. The second-order valence-electron chi connectivity index (χ2n) is 7.04. The summed E-state index contributed by atoms with van der Waals surface area (Å²) in [6.45, 7) is 8.96. The SMILES string of the molecule is CCCCC1CCC(C(=O)N(CCC(=O)OCC)C(C)C)CC1. The molecular formula is C19H35NO3. The van der Waals surface area contributed by atoms with Gasteiger partial charge in [-0.2, -0.15) is 0 Å². The summed E-state index contributed by atoms with van der Waals surface area (Å²) in [4.78, 5) is 26.2. The van der Waals surface area contributed by atoms with E-state index in [-0.39, 0.29) is 23.8 Å². The quantitative estimate of drug-likeness (QED) is 0.598. The molecular weight excluding hydrogens is 290 g/mol. The summed E-state index contributed by atoms with van der Waals surface area (Å²) in [5.74, 6) is 0.982. The fourth-order valence-corrected chi connectivity index (χ4v) is 3.49. The maximum atomic E-state index is 12.8. The standard InChI is InChI=1S/C19H35NO3/c1-5-7-8-16-9-11-17(12-10-16)19(22)20(15(3)4)14-13-18(21)23-6-2/h15-17H,5-14H2,1-4H3. The van der Waals surface area contributed by atoms with Gasteiger partial charge in [-0.1, -0.05) is 26.2 Å². The zero-order valence-corrected chi connectivity index (χ0v) is 15.5. The van der Waals surface area contributed by atoms with Gasteiger partial charge in [0.2, 0.25) is 5.91 Å². The molecule has 0 aromatic carbocycles. The Kier molecular flexibility index (Phi) is 9.27. The molecule has 1 rings (SSSR count). The van der Waals surface area contributed by atoms with Crippen LogP contribution < -0.4 is 0 Å². The fraction of sp³-hybridized carbons (Fsp3) is 0.895. The van der Waals surface area contributed by atoms with Crippen LogP contribution in [0, 0.1) is 11.8 Å². The van der Waals surface area contributed by atoms with Crippen molar-refractivity contribution in [1.29, 1.82) is 0 Å². The average molecular weight is 325 g/mol. The van der Waals surface area contributed by atoms with Crippen LogP contribution in [0.25, 0.3) is 0 Å². The van der Waals surface area contributed by atoms with Crippen molar-refractivity contribution >= 4 is 11.9 Å². The normalized spacial score (nSPS) is 21.3. The molecule has 23 heavy (non-hydrogen) atoms. The Bertz CT molecular complexity index is 360. The second kappa shape index (κ2) is 10.7. The van der Waals surface area contributed by atoms with E-state index in [1.54, 1.807) is 6.92 Å². The molecule has 1 saturated carbocycles. The lowest BCUT2D eigenvalue weighted by Gasteiger charge is -2.34. The van der Waals surface area contributed by atoms with Crippen molar-refractivity contribution in [3.63, 3.8) is 0 Å². The first-order valence-electron chi connectivity index (χ1n) is 9.45. The number of ether oxygens (including phenoxy) is 1. The van der Waals surface area contributed by atoms with Crippen molar-refractivity contribution in [3.8, 4) is 0 Å². The van der Waals surface area contributed by atoms with Crippen LogP contribution in [0.5, 0.6) is 0 Å². The van der Waals surface area contributed by atoms with Crippen LogP contribution in [0.15, 0.2) is 0 Å². The number of nitrogens with zero attached hydrogens (tertiary/aromatic N) is 1. The third-order valence-electron chi connectivity index (χ3n) is 4.93. The summed E-state index contributed by atoms with van der Waals surface area (Å²) >= 11 is 0. The van der Waals surface area contributed by atoms with E-state index in [4.69, 9.17) is 4.74 Å². The highest BCUT2D eigenvalue weighted by molar-refractivity contribution is 5.80. The van der Waals surface area contributed by atoms with Crippen LogP contribution in [0.3, 0.4) is 0 Å². The Morgan fingerprint density at radius 1 is 1.13 bits per heavy atom. The first-order chi connectivity index (χ1) is 11.0. The van der Waals surface area contributed by atoms with Gasteiger partial charge in [0.05, 0.1) is 13.0 Å². The number of amides is 1. The second-order valence-corrected chi connectivity index (χ2v) is 7.04. The van der Waals surface area contributed by atoms with E-state index < -0.39 is 0 Å². The highest BCUT2D eigenvalue weighted by Crippen LogP contribution is 2.33. The van der Waals surface area contributed by atoms with Gasteiger partial charge in [0.25, 0.3) is 0 Å². The van der Waals surface area contributed by atoms with Gasteiger partial charge >= 0.3 is 5.97 Å². The highest BCUT2D eigenvalue weighted by Gasteiger charge is 2.30. The van der Waals surface area contributed by atoms with Crippen LogP contribution in [0.4, 0.5) is 0 Å². The molecule has 0 aliphatic heterocycles. The smallest absolute Gasteiger partial charge is 0.307 e. The van der Waals surface area contributed by atoms with E-state index in [2.05, 4.69) is 6.92 Å². The first-order valence-corrected chi connectivity index (χ1v) is 9.45. The van der Waals surface area contributed by atoms with Crippen molar-refractivity contribution in [1.82, 2.24) is 4.90 Å². The predicted molar refractivity (Wildman–Crippen MR) is 93.1 cm³/mol. The third-order valence-corrected chi connectivity index (χ3v) is 4.93. The maximum absolute atomic E-state index is 12.8. The molecule has 1 fully saturated rings. The van der Waals surface area contributed by atoms with Gasteiger partial charge in [0.15, 0.2) is 0 Å². The molecule has 0 bridgehead atoms. The van der Waals surface area contributed by atoms with Gasteiger partial charge in [-0.25, -0.2) is 0 Å². The number of rotatable bonds is 9. The zero-order valence-electron chi connectivity index (χ0n) is 15.5. The number of hydrogen-bond acceptors (Lipinski definition) is 3. The highest BCUT2D eigenvalue weighted by atomic mass is 16.5. The molecule has 1 aliphatic rings. The molecule has 1 aliphatic carbocycles. The fourth-order valence-electron chi connectivity index (χ4n) is 3.49. The molecule has 0 radical (unpaired) electrons. The maximum Gasteiger partial charge on any atom is 0.307 e. The molecule has 0 unspecified atom stereocenters. The largest absolute Gasteiger partial charge is 0.466 e. The van der Waals surface area contributed by atoms with Crippen molar-refractivity contribution < 1.29 is 14.3 Å². The summed E-state index contributed by atoms with van der Waals surface area (Å²) in [7, 11) is 0. The molecule has 0 spiro atoms. The van der Waals surface area contributed by atoms with Crippen molar-refractivity contribution in [2.24, 2.45) is 11.8 Å². The topological polar surface area (TPSA) is 46.6 Å². The van der Waals surface area contributed by atoms with Gasteiger partial charge in [-0.15, -0.1) is 0 Å². The van der Waals surface area contributed by atoms with E-state index in [0.29, 0.717) is 19.6 Å². The Labute approximate surface area is 141 Å². The number of unbranched alkanes of at least 4 members (excludes halogenated alkanes) is 1. The molecule has 0 aromatic heterocycles. The Morgan fingerprint density at radius 3 is 2.30 bits per heavy atom. The van der Waals surface area contributed by atoms with E-state index in [1.165, 1.54) is 32.1 Å². The summed E-state index contributed by atoms with van der Waals surface area (Å²) in [6, 6.07) is 0.134. The lowest BCUT2D eigenvalue weighted by Crippen LogP contribution is -2.43. The van der Waals surface area contributed by atoms with Crippen LogP contribution in [0.1, 0.15) is 79.1 Å². The summed E-state index contributed by atoms with van der Waals surface area (Å²) in [6.07, 6.45) is 8.55. The van der Waals surface area contributed by atoms with Crippen LogP contribution in [-0.4, -0.2) is 36.0 Å². The van der Waals surface area contributed by atoms with Gasteiger partial charge < -0.3 is 9.64 Å². The zero-order chi connectivity index (χ0) is 17.2. The van der Waals surface area contributed by atoms with Crippen molar-refractivity contribution in [2.75, 3.05) is 13.2 Å². The van der Waals surface area contributed by atoms with Gasteiger partial charge in [-0.3, -0.25) is 9.59 Å². The molecule has 4 heteroatoms. The molecule has 1 amide bonds. The first kappa shape index (κ1) is 20.0. The Morgan fingerprint density at radius 2 is 1.78 bits per heavy atom. The number of carbonyl (C=O) groups is 2. The predicted octanol–water partition coefficient (Wildman–Crippen LogP) is 4.17. The number of esters is 1. The van der Waals surface area contributed by atoms with E-state index >= 15 is 0 Å². The molecule has 0 N–H and O–H groups in total.